The van der Waals surface area contributed by atoms with E-state index in [-0.39, 0.29) is 0 Å². The molecular weight excluding hydrogens is 304 g/mol. The molecule has 3 rings (SSSR count). The van der Waals surface area contributed by atoms with Crippen LogP contribution >= 0.6 is 22.9 Å². The number of piperidine rings is 1. The molecule has 0 amide bonds. The van der Waals surface area contributed by atoms with Crippen molar-refractivity contribution in [2.24, 2.45) is 0 Å². The number of rotatable bonds is 4. The molecule has 3 heterocycles. The lowest BCUT2D eigenvalue weighted by molar-refractivity contribution is 0.200. The van der Waals surface area contributed by atoms with Crippen LogP contribution in [0.2, 0.25) is 4.34 Å². The first-order chi connectivity index (χ1) is 10.2. The van der Waals surface area contributed by atoms with Crippen molar-refractivity contribution in [3.05, 3.63) is 39.9 Å². The second-order valence-corrected chi connectivity index (χ2v) is 7.22. The van der Waals surface area contributed by atoms with Crippen molar-refractivity contribution in [1.29, 1.82) is 0 Å². The smallest absolute Gasteiger partial charge is 0.131 e. The summed E-state index contributed by atoms with van der Waals surface area (Å²) in [6.45, 7) is 3.21. The van der Waals surface area contributed by atoms with Gasteiger partial charge in [-0.3, -0.25) is 4.90 Å². The number of hydrogen-bond acceptors (Lipinski definition) is 5. The summed E-state index contributed by atoms with van der Waals surface area (Å²) < 4.78 is 0.872. The van der Waals surface area contributed by atoms with Gasteiger partial charge in [0.2, 0.25) is 0 Å². The van der Waals surface area contributed by atoms with Gasteiger partial charge in [-0.15, -0.1) is 11.3 Å². The summed E-state index contributed by atoms with van der Waals surface area (Å²) in [5, 5.41) is 0. The van der Waals surface area contributed by atoms with E-state index in [4.69, 9.17) is 11.6 Å². The number of thiophene rings is 1. The zero-order chi connectivity index (χ0) is 14.7. The summed E-state index contributed by atoms with van der Waals surface area (Å²) >= 11 is 7.69. The predicted molar refractivity (Wildman–Crippen MR) is 88.1 cm³/mol. The molecule has 1 aliphatic rings. The number of anilines is 1. The van der Waals surface area contributed by atoms with Crippen LogP contribution in [0.1, 0.15) is 17.7 Å². The average molecular weight is 323 g/mol. The Bertz CT molecular complexity index is 574. The average Bonchev–Trinajstić information content (AvgIpc) is 2.93. The molecule has 0 radical (unpaired) electrons. The zero-order valence-electron chi connectivity index (χ0n) is 12.1. The SMILES string of the molecule is CN(c1ccncn1)C1CCCN(Cc2ccc(Cl)s2)C1. The summed E-state index contributed by atoms with van der Waals surface area (Å²) in [7, 11) is 2.12. The molecule has 1 unspecified atom stereocenters. The van der Waals surface area contributed by atoms with E-state index in [9.17, 15) is 0 Å². The number of likely N-dealkylation sites (N-methyl/N-ethyl adjacent to an activating group) is 1. The van der Waals surface area contributed by atoms with Crippen molar-refractivity contribution in [3.63, 3.8) is 0 Å². The largest absolute Gasteiger partial charge is 0.355 e. The van der Waals surface area contributed by atoms with Gasteiger partial charge in [-0.05, 0) is 37.6 Å². The van der Waals surface area contributed by atoms with Gasteiger partial charge in [0.1, 0.15) is 12.1 Å². The van der Waals surface area contributed by atoms with Gasteiger partial charge in [0, 0.05) is 37.3 Å². The van der Waals surface area contributed by atoms with Crippen LogP contribution in [-0.2, 0) is 6.54 Å². The van der Waals surface area contributed by atoms with Gasteiger partial charge in [0.25, 0.3) is 0 Å². The van der Waals surface area contributed by atoms with Crippen molar-refractivity contribution < 1.29 is 0 Å². The molecule has 2 aromatic heterocycles. The molecule has 112 valence electrons. The van der Waals surface area contributed by atoms with E-state index in [0.29, 0.717) is 6.04 Å². The highest BCUT2D eigenvalue weighted by Gasteiger charge is 2.24. The van der Waals surface area contributed by atoms with E-state index in [1.807, 2.05) is 12.1 Å². The minimum Gasteiger partial charge on any atom is -0.355 e. The molecule has 1 fully saturated rings. The first-order valence-electron chi connectivity index (χ1n) is 7.18. The van der Waals surface area contributed by atoms with Crippen molar-refractivity contribution in [1.82, 2.24) is 14.9 Å². The summed E-state index contributed by atoms with van der Waals surface area (Å²) in [6.07, 6.45) is 5.84. The van der Waals surface area contributed by atoms with E-state index in [1.165, 1.54) is 17.7 Å². The molecule has 2 aromatic rings. The van der Waals surface area contributed by atoms with Crippen LogP contribution in [0.4, 0.5) is 5.82 Å². The predicted octanol–water partition coefficient (Wildman–Crippen LogP) is 3.29. The standard InChI is InChI=1S/C15H19ClN4S/c1-19(15-6-7-17-11-18-15)12-3-2-8-20(9-12)10-13-4-5-14(16)21-13/h4-7,11-12H,2-3,8-10H2,1H3. The molecular formula is C15H19ClN4S. The first-order valence-corrected chi connectivity index (χ1v) is 8.37. The van der Waals surface area contributed by atoms with E-state index in [0.717, 1.165) is 29.8 Å². The number of nitrogens with zero attached hydrogens (tertiary/aromatic N) is 4. The Labute approximate surface area is 134 Å². The van der Waals surface area contributed by atoms with Crippen LogP contribution in [0, 0.1) is 0 Å². The van der Waals surface area contributed by atoms with Crippen molar-refractivity contribution in [2.75, 3.05) is 25.0 Å². The molecule has 1 atom stereocenters. The molecule has 1 aliphatic heterocycles. The van der Waals surface area contributed by atoms with Crippen molar-refractivity contribution in [3.8, 4) is 0 Å². The van der Waals surface area contributed by atoms with Gasteiger partial charge in [-0.1, -0.05) is 11.6 Å². The summed E-state index contributed by atoms with van der Waals surface area (Å²) in [6, 6.07) is 6.59. The highest BCUT2D eigenvalue weighted by molar-refractivity contribution is 7.16. The normalized spacial score (nSPS) is 19.6. The van der Waals surface area contributed by atoms with Crippen LogP contribution < -0.4 is 4.90 Å². The molecule has 0 saturated carbocycles. The topological polar surface area (TPSA) is 32.3 Å². The van der Waals surface area contributed by atoms with Gasteiger partial charge >= 0.3 is 0 Å². The zero-order valence-corrected chi connectivity index (χ0v) is 13.6. The van der Waals surface area contributed by atoms with Crippen LogP contribution in [0.3, 0.4) is 0 Å². The summed E-state index contributed by atoms with van der Waals surface area (Å²) in [5.41, 5.74) is 0. The fraction of sp³-hybridized carbons (Fsp3) is 0.467. The van der Waals surface area contributed by atoms with E-state index in [2.05, 4.69) is 32.9 Å². The molecule has 0 aliphatic carbocycles. The minimum absolute atomic E-state index is 0.504. The van der Waals surface area contributed by atoms with Gasteiger partial charge in [0.15, 0.2) is 0 Å². The second-order valence-electron chi connectivity index (χ2n) is 5.42. The van der Waals surface area contributed by atoms with E-state index >= 15 is 0 Å². The Balaban J connectivity index is 1.63. The Kier molecular flexibility index (Phi) is 4.73. The number of likely N-dealkylation sites (tertiary alicyclic amines) is 1. The molecule has 0 bridgehead atoms. The molecule has 0 N–H and O–H groups in total. The lowest BCUT2D eigenvalue weighted by atomic mass is 10.0. The van der Waals surface area contributed by atoms with Gasteiger partial charge < -0.3 is 4.90 Å². The Morgan fingerprint density at radius 3 is 3.05 bits per heavy atom. The number of halogens is 1. The molecule has 4 nitrogen and oxygen atoms in total. The third-order valence-corrected chi connectivity index (χ3v) is 5.18. The maximum atomic E-state index is 6.01. The van der Waals surface area contributed by atoms with Crippen LogP contribution in [0.5, 0.6) is 0 Å². The third-order valence-electron chi connectivity index (χ3n) is 3.96. The quantitative estimate of drug-likeness (QED) is 0.864. The van der Waals surface area contributed by atoms with Gasteiger partial charge in [0.05, 0.1) is 4.34 Å². The van der Waals surface area contributed by atoms with Crippen LogP contribution in [0.25, 0.3) is 0 Å². The number of aromatic nitrogens is 2. The molecule has 6 heteroatoms. The van der Waals surface area contributed by atoms with E-state index in [1.54, 1.807) is 23.9 Å². The lowest BCUT2D eigenvalue weighted by Crippen LogP contribution is -2.46. The van der Waals surface area contributed by atoms with Crippen LogP contribution in [-0.4, -0.2) is 41.0 Å². The second kappa shape index (κ2) is 6.73. The highest BCUT2D eigenvalue weighted by Crippen LogP contribution is 2.25. The van der Waals surface area contributed by atoms with Crippen molar-refractivity contribution >= 4 is 28.8 Å². The fourth-order valence-electron chi connectivity index (χ4n) is 2.83. The van der Waals surface area contributed by atoms with Crippen LogP contribution in [0.15, 0.2) is 30.7 Å². The fourth-order valence-corrected chi connectivity index (χ4v) is 3.96. The molecule has 0 aromatic carbocycles. The Morgan fingerprint density at radius 2 is 2.33 bits per heavy atom. The van der Waals surface area contributed by atoms with E-state index < -0.39 is 0 Å². The Hall–Kier alpha value is -1.17. The molecule has 1 saturated heterocycles. The summed E-state index contributed by atoms with van der Waals surface area (Å²) in [5.74, 6) is 0.996. The van der Waals surface area contributed by atoms with Gasteiger partial charge in [-0.25, -0.2) is 9.97 Å². The maximum Gasteiger partial charge on any atom is 0.131 e. The molecule has 0 spiro atoms. The Morgan fingerprint density at radius 1 is 1.43 bits per heavy atom. The third kappa shape index (κ3) is 3.73. The highest BCUT2D eigenvalue weighted by atomic mass is 35.5. The minimum atomic E-state index is 0.504. The lowest BCUT2D eigenvalue weighted by Gasteiger charge is -2.38. The first kappa shape index (κ1) is 14.8. The van der Waals surface area contributed by atoms with Crippen molar-refractivity contribution in [2.45, 2.75) is 25.4 Å². The molecule has 21 heavy (non-hydrogen) atoms. The maximum absolute atomic E-state index is 6.01. The number of hydrogen-bond donors (Lipinski definition) is 0. The monoisotopic (exact) mass is 322 g/mol. The summed E-state index contributed by atoms with van der Waals surface area (Å²) in [4.78, 5) is 14.5. The van der Waals surface area contributed by atoms with Gasteiger partial charge in [-0.2, -0.15) is 0 Å².